The fraction of sp³-hybridized carbons (Fsp3) is 0.500. The van der Waals surface area contributed by atoms with Crippen molar-refractivity contribution in [3.63, 3.8) is 0 Å². The summed E-state index contributed by atoms with van der Waals surface area (Å²) in [6, 6.07) is 7.66. The summed E-state index contributed by atoms with van der Waals surface area (Å²) in [7, 11) is 0. The minimum atomic E-state index is -0.242. The lowest BCUT2D eigenvalue weighted by Crippen LogP contribution is -2.46. The van der Waals surface area contributed by atoms with Crippen molar-refractivity contribution < 1.29 is 14.3 Å². The first-order valence-electron chi connectivity index (χ1n) is 6.07. The quantitative estimate of drug-likeness (QED) is 0.822. The van der Waals surface area contributed by atoms with Crippen LogP contribution in [-0.2, 0) is 9.53 Å². The summed E-state index contributed by atoms with van der Waals surface area (Å²) >= 11 is 0. The predicted octanol–water partition coefficient (Wildman–Crippen LogP) is 1.97. The van der Waals surface area contributed by atoms with Crippen LogP contribution in [0.5, 0.6) is 5.75 Å². The number of ether oxygens (including phenoxy) is 2. The van der Waals surface area contributed by atoms with E-state index in [9.17, 15) is 4.79 Å². The molecule has 18 heavy (non-hydrogen) atoms. The van der Waals surface area contributed by atoms with Crippen molar-refractivity contribution in [3.05, 3.63) is 29.8 Å². The molecule has 1 aromatic carbocycles. The number of benzene rings is 1. The molecule has 0 radical (unpaired) electrons. The highest BCUT2D eigenvalue weighted by Crippen LogP contribution is 2.21. The minimum Gasteiger partial charge on any atom is -0.484 e. The first kappa shape index (κ1) is 12.9. The van der Waals surface area contributed by atoms with Crippen LogP contribution in [0.1, 0.15) is 19.4 Å². The van der Waals surface area contributed by atoms with Crippen molar-refractivity contribution in [1.82, 2.24) is 4.90 Å². The van der Waals surface area contributed by atoms with Crippen LogP contribution in [-0.4, -0.2) is 36.3 Å². The van der Waals surface area contributed by atoms with E-state index >= 15 is 0 Å². The van der Waals surface area contributed by atoms with E-state index in [2.05, 4.69) is 0 Å². The van der Waals surface area contributed by atoms with Crippen LogP contribution in [0, 0.1) is 6.92 Å². The lowest BCUT2D eigenvalue weighted by atomic mass is 10.1. The number of rotatable bonds is 3. The van der Waals surface area contributed by atoms with Crippen LogP contribution in [0.2, 0.25) is 0 Å². The molecule has 0 aliphatic carbocycles. The summed E-state index contributed by atoms with van der Waals surface area (Å²) in [5.74, 6) is 0.671. The maximum absolute atomic E-state index is 12.0. The van der Waals surface area contributed by atoms with Gasteiger partial charge in [0.1, 0.15) is 12.5 Å². The minimum absolute atomic E-state index is 0.0434. The predicted molar refractivity (Wildman–Crippen MR) is 68.4 cm³/mol. The second-order valence-electron chi connectivity index (χ2n) is 5.21. The first-order chi connectivity index (χ1) is 8.49. The third-order valence-corrected chi connectivity index (χ3v) is 3.09. The number of nitrogens with zero attached hydrogens (tertiary/aromatic N) is 1. The Labute approximate surface area is 107 Å². The van der Waals surface area contributed by atoms with E-state index < -0.39 is 0 Å². The molecule has 98 valence electrons. The number of aryl methyl sites for hydroxylation is 1. The van der Waals surface area contributed by atoms with Crippen LogP contribution in [0.15, 0.2) is 24.3 Å². The maximum atomic E-state index is 12.0. The molecular formula is C14H19NO3. The Morgan fingerprint density at radius 2 is 2.06 bits per heavy atom. The second-order valence-corrected chi connectivity index (χ2v) is 5.21. The van der Waals surface area contributed by atoms with Gasteiger partial charge in [0, 0.05) is 0 Å². The van der Waals surface area contributed by atoms with Gasteiger partial charge in [-0.3, -0.25) is 4.79 Å². The first-order valence-corrected chi connectivity index (χ1v) is 6.07. The van der Waals surface area contributed by atoms with Gasteiger partial charge in [-0.25, -0.2) is 0 Å². The van der Waals surface area contributed by atoms with Gasteiger partial charge < -0.3 is 14.4 Å². The van der Waals surface area contributed by atoms with Crippen LogP contribution in [0.3, 0.4) is 0 Å². The average molecular weight is 249 g/mol. The molecule has 1 saturated heterocycles. The lowest BCUT2D eigenvalue weighted by molar-refractivity contribution is -0.137. The van der Waals surface area contributed by atoms with E-state index in [1.54, 1.807) is 4.90 Å². The molecule has 0 atom stereocenters. The summed E-state index contributed by atoms with van der Waals surface area (Å²) in [6.45, 7) is 6.97. The SMILES string of the molecule is Cc1ccc(OCC(=O)N2COCC2(C)C)cc1. The highest BCUT2D eigenvalue weighted by atomic mass is 16.5. The molecule has 0 saturated carbocycles. The molecule has 1 heterocycles. The summed E-state index contributed by atoms with van der Waals surface area (Å²) in [6.07, 6.45) is 0. The summed E-state index contributed by atoms with van der Waals surface area (Å²) < 4.78 is 10.8. The average Bonchev–Trinajstić information content (AvgIpc) is 2.68. The van der Waals surface area contributed by atoms with Crippen LogP contribution >= 0.6 is 0 Å². The van der Waals surface area contributed by atoms with Gasteiger partial charge in [-0.05, 0) is 32.9 Å². The Bertz CT molecular complexity index is 425. The highest BCUT2D eigenvalue weighted by molar-refractivity contribution is 5.78. The van der Waals surface area contributed by atoms with Crippen molar-refractivity contribution in [2.75, 3.05) is 19.9 Å². The van der Waals surface area contributed by atoms with Crippen molar-refractivity contribution >= 4 is 5.91 Å². The number of hydrogen-bond donors (Lipinski definition) is 0. The zero-order valence-electron chi connectivity index (χ0n) is 11.1. The second kappa shape index (κ2) is 4.98. The van der Waals surface area contributed by atoms with E-state index in [0.29, 0.717) is 19.1 Å². The molecule has 0 bridgehead atoms. The number of carbonyl (C=O) groups is 1. The number of amides is 1. The maximum Gasteiger partial charge on any atom is 0.262 e. The Morgan fingerprint density at radius 1 is 1.39 bits per heavy atom. The summed E-state index contributed by atoms with van der Waals surface area (Å²) in [4.78, 5) is 13.7. The van der Waals surface area contributed by atoms with E-state index in [1.807, 2.05) is 45.0 Å². The highest BCUT2D eigenvalue weighted by Gasteiger charge is 2.36. The van der Waals surface area contributed by atoms with Gasteiger partial charge in [0.15, 0.2) is 6.61 Å². The number of hydrogen-bond acceptors (Lipinski definition) is 3. The van der Waals surface area contributed by atoms with Crippen LogP contribution < -0.4 is 4.74 Å². The van der Waals surface area contributed by atoms with Gasteiger partial charge >= 0.3 is 0 Å². The number of carbonyl (C=O) groups excluding carboxylic acids is 1. The van der Waals surface area contributed by atoms with Crippen molar-refractivity contribution in [3.8, 4) is 5.75 Å². The van der Waals surface area contributed by atoms with E-state index in [-0.39, 0.29) is 18.1 Å². The largest absolute Gasteiger partial charge is 0.484 e. The van der Waals surface area contributed by atoms with Gasteiger partial charge in [-0.2, -0.15) is 0 Å². The molecule has 4 heteroatoms. The topological polar surface area (TPSA) is 38.8 Å². The third-order valence-electron chi connectivity index (χ3n) is 3.09. The summed E-state index contributed by atoms with van der Waals surface area (Å²) in [5, 5.41) is 0. The Balaban J connectivity index is 1.90. The van der Waals surface area contributed by atoms with Crippen molar-refractivity contribution in [1.29, 1.82) is 0 Å². The van der Waals surface area contributed by atoms with Crippen molar-refractivity contribution in [2.45, 2.75) is 26.3 Å². The van der Waals surface area contributed by atoms with E-state index in [4.69, 9.17) is 9.47 Å². The van der Waals surface area contributed by atoms with Crippen LogP contribution in [0.4, 0.5) is 0 Å². The fourth-order valence-electron chi connectivity index (χ4n) is 1.91. The van der Waals surface area contributed by atoms with Crippen LogP contribution in [0.25, 0.3) is 0 Å². The van der Waals surface area contributed by atoms with Gasteiger partial charge in [-0.15, -0.1) is 0 Å². The molecule has 1 fully saturated rings. The Hall–Kier alpha value is -1.55. The molecule has 4 nitrogen and oxygen atoms in total. The fourth-order valence-corrected chi connectivity index (χ4v) is 1.91. The standard InChI is InChI=1S/C14H19NO3/c1-11-4-6-12(7-5-11)18-8-13(16)15-10-17-9-14(15,2)3/h4-7H,8-10H2,1-3H3. The molecule has 0 N–H and O–H groups in total. The normalized spacial score (nSPS) is 17.8. The van der Waals surface area contributed by atoms with Gasteiger partial charge in [0.25, 0.3) is 5.91 Å². The summed E-state index contributed by atoms with van der Waals surface area (Å²) in [5.41, 5.74) is 0.927. The van der Waals surface area contributed by atoms with Crippen molar-refractivity contribution in [2.24, 2.45) is 0 Å². The van der Waals surface area contributed by atoms with Gasteiger partial charge in [-0.1, -0.05) is 17.7 Å². The lowest BCUT2D eigenvalue weighted by Gasteiger charge is -2.28. The molecule has 2 rings (SSSR count). The Kier molecular flexibility index (Phi) is 3.57. The van der Waals surface area contributed by atoms with Gasteiger partial charge in [0.2, 0.25) is 0 Å². The monoisotopic (exact) mass is 249 g/mol. The van der Waals surface area contributed by atoms with E-state index in [1.165, 1.54) is 5.56 Å². The zero-order chi connectivity index (χ0) is 13.2. The molecule has 1 aromatic rings. The molecule has 1 amide bonds. The van der Waals surface area contributed by atoms with E-state index in [0.717, 1.165) is 0 Å². The molecule has 1 aliphatic rings. The smallest absolute Gasteiger partial charge is 0.262 e. The molecule has 0 aromatic heterocycles. The molecule has 0 unspecified atom stereocenters. The molecule has 0 spiro atoms. The molecular weight excluding hydrogens is 230 g/mol. The van der Waals surface area contributed by atoms with Gasteiger partial charge in [0.05, 0.1) is 12.1 Å². The molecule has 1 aliphatic heterocycles. The Morgan fingerprint density at radius 3 is 2.61 bits per heavy atom. The third kappa shape index (κ3) is 2.82. The zero-order valence-corrected chi connectivity index (χ0v) is 11.1.